The molecule has 1 saturated heterocycles. The standard InChI is InChI=1S/C19H18BrFN2O3/c1-2-26-15-6-4-14(5-7-15)23-11-12(9-18(23)24)19(25)22-17-8-3-13(20)10-16(17)21/h3-8,10,12H,2,9,11H2,1H3,(H,22,25)/t12-/m1/s1. The van der Waals surface area contributed by atoms with Crippen molar-refractivity contribution in [2.75, 3.05) is 23.4 Å². The number of carbonyl (C=O) groups excluding carboxylic acids is 2. The Morgan fingerprint density at radius 3 is 2.69 bits per heavy atom. The van der Waals surface area contributed by atoms with Crippen LogP contribution in [0.5, 0.6) is 5.75 Å². The van der Waals surface area contributed by atoms with E-state index in [0.717, 1.165) is 5.75 Å². The van der Waals surface area contributed by atoms with Gasteiger partial charge in [-0.05, 0) is 49.4 Å². The molecule has 1 aliphatic rings. The first-order chi connectivity index (χ1) is 12.5. The summed E-state index contributed by atoms with van der Waals surface area (Å²) in [6.45, 7) is 2.73. The Labute approximate surface area is 159 Å². The van der Waals surface area contributed by atoms with Gasteiger partial charge in [0.15, 0.2) is 0 Å². The van der Waals surface area contributed by atoms with Gasteiger partial charge in [0.05, 0.1) is 18.2 Å². The summed E-state index contributed by atoms with van der Waals surface area (Å²) in [5.41, 5.74) is 0.814. The van der Waals surface area contributed by atoms with Crippen molar-refractivity contribution >= 4 is 39.1 Å². The maximum absolute atomic E-state index is 13.9. The van der Waals surface area contributed by atoms with E-state index in [-0.39, 0.29) is 30.5 Å². The highest BCUT2D eigenvalue weighted by Gasteiger charge is 2.35. The van der Waals surface area contributed by atoms with E-state index >= 15 is 0 Å². The predicted molar refractivity (Wildman–Crippen MR) is 101 cm³/mol. The molecule has 1 N–H and O–H groups in total. The molecule has 1 atom stereocenters. The average molecular weight is 421 g/mol. The fourth-order valence-corrected chi connectivity index (χ4v) is 3.18. The topological polar surface area (TPSA) is 58.6 Å². The fourth-order valence-electron chi connectivity index (χ4n) is 2.85. The van der Waals surface area contributed by atoms with Crippen LogP contribution in [-0.4, -0.2) is 25.0 Å². The smallest absolute Gasteiger partial charge is 0.229 e. The Hall–Kier alpha value is -2.41. The second-order valence-electron chi connectivity index (χ2n) is 5.95. The van der Waals surface area contributed by atoms with Gasteiger partial charge in [0.1, 0.15) is 11.6 Å². The Kier molecular flexibility index (Phi) is 5.56. The van der Waals surface area contributed by atoms with Gasteiger partial charge in [-0.3, -0.25) is 9.59 Å². The van der Waals surface area contributed by atoms with Crippen molar-refractivity contribution in [2.45, 2.75) is 13.3 Å². The third-order valence-corrected chi connectivity index (χ3v) is 4.64. The van der Waals surface area contributed by atoms with Crippen LogP contribution in [0.2, 0.25) is 0 Å². The highest BCUT2D eigenvalue weighted by atomic mass is 79.9. The van der Waals surface area contributed by atoms with E-state index in [1.807, 2.05) is 6.92 Å². The van der Waals surface area contributed by atoms with Crippen molar-refractivity contribution in [3.8, 4) is 5.75 Å². The number of anilines is 2. The zero-order valence-corrected chi connectivity index (χ0v) is 15.8. The van der Waals surface area contributed by atoms with Gasteiger partial charge in [-0.2, -0.15) is 0 Å². The second kappa shape index (κ2) is 7.86. The summed E-state index contributed by atoms with van der Waals surface area (Å²) >= 11 is 3.17. The van der Waals surface area contributed by atoms with E-state index in [4.69, 9.17) is 4.74 Å². The highest BCUT2D eigenvalue weighted by Crippen LogP contribution is 2.28. The van der Waals surface area contributed by atoms with Gasteiger partial charge in [0, 0.05) is 23.1 Å². The average Bonchev–Trinajstić information content (AvgIpc) is 3.00. The molecule has 0 spiro atoms. The molecule has 0 aliphatic carbocycles. The minimum absolute atomic E-state index is 0.0944. The van der Waals surface area contributed by atoms with Crippen LogP contribution in [0.25, 0.3) is 0 Å². The number of amides is 2. The molecular formula is C19H18BrFN2O3. The Bertz CT molecular complexity index is 826. The molecule has 26 heavy (non-hydrogen) atoms. The van der Waals surface area contributed by atoms with E-state index in [1.54, 1.807) is 35.2 Å². The van der Waals surface area contributed by atoms with Crippen molar-refractivity contribution in [3.05, 3.63) is 52.8 Å². The molecule has 3 rings (SSSR count). The number of ether oxygens (including phenoxy) is 1. The van der Waals surface area contributed by atoms with Gasteiger partial charge < -0.3 is 15.0 Å². The van der Waals surface area contributed by atoms with Gasteiger partial charge in [0.2, 0.25) is 11.8 Å². The van der Waals surface area contributed by atoms with Gasteiger partial charge >= 0.3 is 0 Å². The van der Waals surface area contributed by atoms with Crippen LogP contribution in [0, 0.1) is 11.7 Å². The number of carbonyl (C=O) groups is 2. The third kappa shape index (κ3) is 4.04. The normalized spacial score (nSPS) is 16.7. The largest absolute Gasteiger partial charge is 0.494 e. The van der Waals surface area contributed by atoms with Crippen LogP contribution in [0.4, 0.5) is 15.8 Å². The first-order valence-electron chi connectivity index (χ1n) is 8.27. The van der Waals surface area contributed by atoms with Crippen LogP contribution in [-0.2, 0) is 9.59 Å². The molecule has 1 fully saturated rings. The quantitative estimate of drug-likeness (QED) is 0.795. The second-order valence-corrected chi connectivity index (χ2v) is 6.86. The summed E-state index contributed by atoms with van der Waals surface area (Å²) in [4.78, 5) is 26.3. The summed E-state index contributed by atoms with van der Waals surface area (Å²) in [7, 11) is 0. The molecule has 0 bridgehead atoms. The number of hydrogen-bond acceptors (Lipinski definition) is 3. The monoisotopic (exact) mass is 420 g/mol. The SMILES string of the molecule is CCOc1ccc(N2C[C@H](C(=O)Nc3ccc(Br)cc3F)CC2=O)cc1. The zero-order valence-electron chi connectivity index (χ0n) is 14.2. The van der Waals surface area contributed by atoms with E-state index in [1.165, 1.54) is 12.1 Å². The number of rotatable bonds is 5. The Balaban J connectivity index is 1.67. The van der Waals surface area contributed by atoms with E-state index in [2.05, 4.69) is 21.2 Å². The highest BCUT2D eigenvalue weighted by molar-refractivity contribution is 9.10. The molecule has 2 aromatic carbocycles. The van der Waals surface area contributed by atoms with Gasteiger partial charge in [-0.1, -0.05) is 15.9 Å². The molecule has 1 aliphatic heterocycles. The number of nitrogens with one attached hydrogen (secondary N) is 1. The van der Waals surface area contributed by atoms with Gasteiger partial charge in [0.25, 0.3) is 0 Å². The molecule has 1 heterocycles. The van der Waals surface area contributed by atoms with E-state index in [9.17, 15) is 14.0 Å². The lowest BCUT2D eigenvalue weighted by molar-refractivity contribution is -0.122. The van der Waals surface area contributed by atoms with Crippen molar-refractivity contribution in [1.82, 2.24) is 0 Å². The number of nitrogens with zero attached hydrogens (tertiary/aromatic N) is 1. The predicted octanol–water partition coefficient (Wildman–Crippen LogP) is 3.98. The summed E-state index contributed by atoms with van der Waals surface area (Å²) in [5, 5.41) is 2.56. The van der Waals surface area contributed by atoms with Gasteiger partial charge in [-0.15, -0.1) is 0 Å². The fraction of sp³-hybridized carbons (Fsp3) is 0.263. The summed E-state index contributed by atoms with van der Waals surface area (Å²) < 4.78 is 19.9. The lowest BCUT2D eigenvalue weighted by atomic mass is 10.1. The number of hydrogen-bond donors (Lipinski definition) is 1. The first kappa shape index (κ1) is 18.4. The Morgan fingerprint density at radius 2 is 2.04 bits per heavy atom. The lowest BCUT2D eigenvalue weighted by Crippen LogP contribution is -2.28. The summed E-state index contributed by atoms with van der Waals surface area (Å²) in [6, 6.07) is 11.6. The molecule has 2 amide bonds. The summed E-state index contributed by atoms with van der Waals surface area (Å²) in [6.07, 6.45) is 0.0944. The van der Waals surface area contributed by atoms with Crippen molar-refractivity contribution < 1.29 is 18.7 Å². The van der Waals surface area contributed by atoms with Crippen LogP contribution < -0.4 is 15.0 Å². The van der Waals surface area contributed by atoms with E-state index < -0.39 is 11.7 Å². The molecule has 136 valence electrons. The van der Waals surface area contributed by atoms with Crippen LogP contribution >= 0.6 is 15.9 Å². The minimum Gasteiger partial charge on any atom is -0.494 e. The van der Waals surface area contributed by atoms with Crippen LogP contribution in [0.3, 0.4) is 0 Å². The number of halogens is 2. The van der Waals surface area contributed by atoms with Crippen molar-refractivity contribution in [1.29, 1.82) is 0 Å². The summed E-state index contributed by atoms with van der Waals surface area (Å²) in [5.74, 6) is -0.834. The van der Waals surface area contributed by atoms with E-state index in [0.29, 0.717) is 16.8 Å². The zero-order chi connectivity index (χ0) is 18.7. The minimum atomic E-state index is -0.530. The van der Waals surface area contributed by atoms with Crippen molar-refractivity contribution in [2.24, 2.45) is 5.92 Å². The molecule has 7 heteroatoms. The molecule has 2 aromatic rings. The molecule has 0 aromatic heterocycles. The maximum Gasteiger partial charge on any atom is 0.229 e. The van der Waals surface area contributed by atoms with Crippen LogP contribution in [0.15, 0.2) is 46.9 Å². The molecule has 5 nitrogen and oxygen atoms in total. The number of benzene rings is 2. The third-order valence-electron chi connectivity index (χ3n) is 4.14. The van der Waals surface area contributed by atoms with Gasteiger partial charge in [-0.25, -0.2) is 4.39 Å². The molecule has 0 radical (unpaired) electrons. The molecule has 0 saturated carbocycles. The van der Waals surface area contributed by atoms with Crippen molar-refractivity contribution in [3.63, 3.8) is 0 Å². The Morgan fingerprint density at radius 1 is 1.31 bits per heavy atom. The van der Waals surface area contributed by atoms with Crippen LogP contribution in [0.1, 0.15) is 13.3 Å². The first-order valence-corrected chi connectivity index (χ1v) is 9.06. The lowest BCUT2D eigenvalue weighted by Gasteiger charge is -2.17. The molecule has 0 unspecified atom stereocenters. The maximum atomic E-state index is 13.9. The molecular weight excluding hydrogens is 403 g/mol.